The van der Waals surface area contributed by atoms with Gasteiger partial charge < -0.3 is 25.4 Å². The summed E-state index contributed by atoms with van der Waals surface area (Å²) < 4.78 is 5.84. The van der Waals surface area contributed by atoms with Crippen molar-refractivity contribution in [2.75, 3.05) is 18.8 Å². The van der Waals surface area contributed by atoms with E-state index in [0.717, 1.165) is 47.8 Å². The Balaban J connectivity index is 0.899. The van der Waals surface area contributed by atoms with Gasteiger partial charge in [0.25, 0.3) is 11.1 Å². The number of nitrogens with zero attached hydrogens (tertiary/aromatic N) is 2. The molecule has 6 rings (SSSR count). The topological polar surface area (TPSA) is 149 Å². The van der Waals surface area contributed by atoms with Crippen LogP contribution in [0.1, 0.15) is 37.9 Å². The third-order valence-electron chi connectivity index (χ3n) is 7.28. The highest BCUT2D eigenvalue weighted by atomic mass is 32.2. The number of rotatable bonds is 12. The number of aromatic nitrogens is 2. The summed E-state index contributed by atoms with van der Waals surface area (Å²) in [7, 11) is 0. The number of carbonyl (C=O) groups excluding carboxylic acids is 4. The molecule has 3 aromatic rings. The summed E-state index contributed by atoms with van der Waals surface area (Å²) in [5.74, 6) is 1.01. The van der Waals surface area contributed by atoms with E-state index in [1.165, 1.54) is 16.7 Å². The number of imidazole rings is 1. The summed E-state index contributed by atoms with van der Waals surface area (Å²) in [5.41, 5.74) is 1.80. The lowest BCUT2D eigenvalue weighted by atomic mass is 10.0. The Bertz CT molecular complexity index is 1500. The minimum absolute atomic E-state index is 0.0361. The highest BCUT2D eigenvalue weighted by Crippen LogP contribution is 2.35. The highest BCUT2D eigenvalue weighted by Gasteiger charge is 2.42. The van der Waals surface area contributed by atoms with Gasteiger partial charge in [0.15, 0.2) is 10.2 Å². The number of carbonyl (C=O) groups is 4. The molecule has 3 aliphatic heterocycles. The van der Waals surface area contributed by atoms with E-state index in [0.29, 0.717) is 45.6 Å². The summed E-state index contributed by atoms with van der Waals surface area (Å²) in [5, 5.41) is 10.2. The van der Waals surface area contributed by atoms with E-state index in [9.17, 15) is 19.2 Å². The number of para-hydroxylation sites is 2. The summed E-state index contributed by atoms with van der Waals surface area (Å²) in [6.45, 7) is 0.620. The molecule has 2 aromatic heterocycles. The maximum atomic E-state index is 12.9. The molecule has 14 heteroatoms. The number of nitrogens with one attached hydrogen (secondary N) is 4. The van der Waals surface area contributed by atoms with Crippen LogP contribution in [0.25, 0.3) is 17.1 Å². The summed E-state index contributed by atoms with van der Waals surface area (Å²) >= 11 is 4.10. The molecule has 0 bridgehead atoms. The molecular weight excluding hydrogens is 597 g/mol. The Morgan fingerprint density at radius 1 is 1.14 bits per heavy atom. The Morgan fingerprint density at radius 3 is 2.90 bits per heavy atom. The van der Waals surface area contributed by atoms with Gasteiger partial charge in [-0.25, -0.2) is 9.78 Å². The second-order valence-corrected chi connectivity index (χ2v) is 13.5. The molecule has 0 aliphatic carbocycles. The molecule has 0 spiro atoms. The van der Waals surface area contributed by atoms with E-state index in [1.807, 2.05) is 36.0 Å². The molecular formula is C28H30N6O5S3. The molecule has 4 N–H and O–H groups in total. The van der Waals surface area contributed by atoms with Gasteiger partial charge >= 0.3 is 6.03 Å². The zero-order valence-corrected chi connectivity index (χ0v) is 25.0. The Morgan fingerprint density at radius 2 is 2.02 bits per heavy atom. The van der Waals surface area contributed by atoms with Gasteiger partial charge in [0.05, 0.1) is 28.0 Å². The van der Waals surface area contributed by atoms with Gasteiger partial charge in [-0.3, -0.25) is 19.3 Å². The number of H-pyrrole nitrogens is 1. The van der Waals surface area contributed by atoms with E-state index in [4.69, 9.17) is 4.42 Å². The van der Waals surface area contributed by atoms with Crippen molar-refractivity contribution in [2.45, 2.75) is 59.7 Å². The van der Waals surface area contributed by atoms with E-state index in [2.05, 4.69) is 25.9 Å². The number of hydrogen-bond donors (Lipinski definition) is 4. The molecule has 0 radical (unpaired) electrons. The van der Waals surface area contributed by atoms with E-state index in [-0.39, 0.29) is 41.7 Å². The average Bonchev–Trinajstić information content (AvgIpc) is 3.78. The highest BCUT2D eigenvalue weighted by molar-refractivity contribution is 8.18. The van der Waals surface area contributed by atoms with Crippen molar-refractivity contribution >= 4 is 75.5 Å². The lowest BCUT2D eigenvalue weighted by molar-refractivity contribution is -0.122. The van der Waals surface area contributed by atoms with Gasteiger partial charge in [0, 0.05) is 36.6 Å². The summed E-state index contributed by atoms with van der Waals surface area (Å²) in [4.78, 5) is 58.3. The maximum Gasteiger partial charge on any atom is 0.315 e. The zero-order valence-electron chi connectivity index (χ0n) is 22.6. The van der Waals surface area contributed by atoms with Crippen LogP contribution in [-0.4, -0.2) is 74.1 Å². The Labute approximate surface area is 254 Å². The van der Waals surface area contributed by atoms with Crippen LogP contribution in [0.4, 0.5) is 9.59 Å². The van der Waals surface area contributed by atoms with Gasteiger partial charge in [0.1, 0.15) is 5.76 Å². The number of urea groups is 1. The van der Waals surface area contributed by atoms with E-state index < -0.39 is 0 Å². The molecule has 5 heterocycles. The SMILES string of the molecule is O=C(CCCC[C@H]1SC[C@H]2NC(=O)N[C@H]21)NCCCN1C(=O)SC(=Cc2ccc(Sc3nc4ccccc4[nH]3)o2)C1=O. The zero-order chi connectivity index (χ0) is 29.1. The maximum absolute atomic E-state index is 12.9. The second-order valence-electron chi connectivity index (χ2n) is 10.2. The number of amides is 5. The van der Waals surface area contributed by atoms with Crippen LogP contribution in [0.5, 0.6) is 0 Å². The number of hydrogen-bond acceptors (Lipinski definition) is 9. The van der Waals surface area contributed by atoms with Gasteiger partial charge in [-0.05, 0) is 67.1 Å². The number of fused-ring (bicyclic) bond motifs is 2. The molecule has 11 nitrogen and oxygen atoms in total. The first-order chi connectivity index (χ1) is 20.4. The fourth-order valence-electron chi connectivity index (χ4n) is 5.19. The van der Waals surface area contributed by atoms with E-state index in [1.54, 1.807) is 18.2 Å². The lowest BCUT2D eigenvalue weighted by Crippen LogP contribution is -2.36. The Hall–Kier alpha value is -3.36. The quantitative estimate of drug-likeness (QED) is 0.129. The van der Waals surface area contributed by atoms with E-state index >= 15 is 0 Å². The standard InChI is InChI=1S/C28H30N6O5S3/c35-22(9-4-3-8-20-24-19(15-40-20)30-26(37)33-24)29-12-5-13-34-25(36)21(41-28(34)38)14-16-10-11-23(39-16)42-27-31-17-6-1-2-7-18(17)32-27/h1-2,6-7,10-11,14,19-20,24H,3-5,8-9,12-13,15H2,(H,29,35)(H,31,32)(H2,30,33,37)/t19-,20-,24-/m1/s1. The molecule has 5 amide bonds. The molecule has 0 saturated carbocycles. The second kappa shape index (κ2) is 12.9. The molecule has 3 fully saturated rings. The van der Waals surface area contributed by atoms with Crippen LogP contribution >= 0.6 is 35.3 Å². The molecule has 220 valence electrons. The number of imide groups is 1. The third-order valence-corrected chi connectivity index (χ3v) is 10.5. The lowest BCUT2D eigenvalue weighted by Gasteiger charge is -2.16. The summed E-state index contributed by atoms with van der Waals surface area (Å²) in [6.07, 6.45) is 5.15. The van der Waals surface area contributed by atoms with Gasteiger partial charge in [0.2, 0.25) is 5.91 Å². The van der Waals surface area contributed by atoms with Crippen molar-refractivity contribution in [1.29, 1.82) is 0 Å². The van der Waals surface area contributed by atoms with Crippen LogP contribution in [0.3, 0.4) is 0 Å². The van der Waals surface area contributed by atoms with Gasteiger partial charge in [-0.2, -0.15) is 11.8 Å². The largest absolute Gasteiger partial charge is 0.450 e. The van der Waals surface area contributed by atoms with Crippen molar-refractivity contribution in [2.24, 2.45) is 0 Å². The number of benzene rings is 1. The van der Waals surface area contributed by atoms with Gasteiger partial charge in [-0.15, -0.1) is 0 Å². The minimum Gasteiger partial charge on any atom is -0.450 e. The number of unbranched alkanes of at least 4 members (excludes halogenated alkanes) is 1. The molecule has 0 unspecified atom stereocenters. The van der Waals surface area contributed by atoms with Crippen molar-refractivity contribution in [3.05, 3.63) is 47.1 Å². The monoisotopic (exact) mass is 626 g/mol. The van der Waals surface area contributed by atoms with Crippen molar-refractivity contribution in [1.82, 2.24) is 30.8 Å². The first kappa shape index (κ1) is 28.7. The molecule has 3 atom stereocenters. The fourth-order valence-corrected chi connectivity index (χ4v) is 8.35. The third kappa shape index (κ3) is 6.65. The van der Waals surface area contributed by atoms with Gasteiger partial charge in [-0.1, -0.05) is 18.6 Å². The van der Waals surface area contributed by atoms with Crippen LogP contribution in [0, 0.1) is 0 Å². The summed E-state index contributed by atoms with van der Waals surface area (Å²) in [6, 6.07) is 11.6. The smallest absolute Gasteiger partial charge is 0.315 e. The van der Waals surface area contributed by atoms with Crippen LogP contribution in [0.2, 0.25) is 0 Å². The minimum atomic E-state index is -0.361. The normalized spacial score (nSPS) is 22.7. The molecule has 42 heavy (non-hydrogen) atoms. The number of aromatic amines is 1. The molecule has 1 aromatic carbocycles. The van der Waals surface area contributed by atoms with Crippen molar-refractivity contribution < 1.29 is 23.6 Å². The fraction of sp³-hybridized carbons (Fsp3) is 0.393. The van der Waals surface area contributed by atoms with Crippen LogP contribution < -0.4 is 16.0 Å². The molecule has 3 saturated heterocycles. The van der Waals surface area contributed by atoms with Crippen LogP contribution in [0.15, 0.2) is 56.0 Å². The average molecular weight is 627 g/mol. The first-order valence-electron chi connectivity index (χ1n) is 13.9. The number of furan rings is 1. The van der Waals surface area contributed by atoms with Crippen LogP contribution in [-0.2, 0) is 9.59 Å². The number of thioether (sulfide) groups is 2. The first-order valence-corrected chi connectivity index (χ1v) is 16.5. The van der Waals surface area contributed by atoms with Crippen molar-refractivity contribution in [3.8, 4) is 0 Å². The Kier molecular flexibility index (Phi) is 8.81. The molecule has 3 aliphatic rings. The predicted octanol–water partition coefficient (Wildman–Crippen LogP) is 4.58. The van der Waals surface area contributed by atoms with Crippen molar-refractivity contribution in [3.63, 3.8) is 0 Å². The predicted molar refractivity (Wildman–Crippen MR) is 163 cm³/mol.